The number of hydrogen-bond acceptors (Lipinski definition) is 3. The minimum atomic E-state index is 0.00359. The second-order valence-electron chi connectivity index (χ2n) is 5.02. The highest BCUT2D eigenvalue weighted by molar-refractivity contribution is 6.31. The molecule has 1 aromatic carbocycles. The monoisotopic (exact) mass is 297 g/mol. The van der Waals surface area contributed by atoms with Crippen LogP contribution in [0.2, 0.25) is 5.02 Å². The number of rotatable bonds is 1. The van der Waals surface area contributed by atoms with Gasteiger partial charge < -0.3 is 5.32 Å². The van der Waals surface area contributed by atoms with Crippen LogP contribution in [0.15, 0.2) is 47.4 Å². The Labute approximate surface area is 126 Å². The van der Waals surface area contributed by atoms with Gasteiger partial charge in [0.15, 0.2) is 0 Å². The van der Waals surface area contributed by atoms with Crippen LogP contribution in [-0.2, 0) is 6.54 Å². The molecule has 0 saturated carbocycles. The lowest BCUT2D eigenvalue weighted by Crippen LogP contribution is -2.19. The van der Waals surface area contributed by atoms with Gasteiger partial charge in [0, 0.05) is 29.9 Å². The van der Waals surface area contributed by atoms with Gasteiger partial charge in [0.25, 0.3) is 5.56 Å². The Hall–Kier alpha value is -2.33. The zero-order chi connectivity index (χ0) is 14.4. The van der Waals surface area contributed by atoms with Gasteiger partial charge in [-0.05, 0) is 29.8 Å². The first-order chi connectivity index (χ1) is 10.3. The van der Waals surface area contributed by atoms with Crippen molar-refractivity contribution < 1.29 is 0 Å². The number of anilines is 1. The van der Waals surface area contributed by atoms with Crippen LogP contribution in [0.3, 0.4) is 0 Å². The lowest BCUT2D eigenvalue weighted by atomic mass is 10.0. The summed E-state index contributed by atoms with van der Waals surface area (Å²) in [5, 5.41) is 4.60. The Bertz CT molecular complexity index is 917. The summed E-state index contributed by atoms with van der Waals surface area (Å²) < 4.78 is 1.78. The van der Waals surface area contributed by atoms with Crippen molar-refractivity contribution in [2.75, 3.05) is 11.9 Å². The summed E-state index contributed by atoms with van der Waals surface area (Å²) in [6.07, 6.45) is 1.71. The molecule has 0 atom stereocenters. The van der Waals surface area contributed by atoms with Gasteiger partial charge in [0.05, 0.1) is 10.9 Å². The normalized spacial score (nSPS) is 13.2. The van der Waals surface area contributed by atoms with Crippen molar-refractivity contribution in [3.63, 3.8) is 0 Å². The number of aromatic nitrogens is 2. The predicted molar refractivity (Wildman–Crippen MR) is 84.9 cm³/mol. The highest BCUT2D eigenvalue weighted by atomic mass is 35.5. The summed E-state index contributed by atoms with van der Waals surface area (Å²) in [5.74, 6) is 0.827. The molecule has 0 amide bonds. The number of fused-ring (bicyclic) bond motifs is 2. The second-order valence-corrected chi connectivity index (χ2v) is 5.45. The molecule has 2 aromatic heterocycles. The smallest absolute Gasteiger partial charge is 0.261 e. The summed E-state index contributed by atoms with van der Waals surface area (Å²) >= 11 is 6.12. The Morgan fingerprint density at radius 2 is 2.14 bits per heavy atom. The Balaban J connectivity index is 2.18. The average Bonchev–Trinajstić information content (AvgIpc) is 2.97. The van der Waals surface area contributed by atoms with Crippen molar-refractivity contribution in [3.8, 4) is 11.1 Å². The molecule has 0 saturated heterocycles. The standard InChI is InChI=1S/C16H12ClN3O/c17-11-4-1-3-10(9-11)13-14-12(5-2-6-18-14)16(21)20-8-7-19-15(13)20/h1-6,9,19H,7-8H2. The van der Waals surface area contributed by atoms with E-state index in [1.54, 1.807) is 16.8 Å². The topological polar surface area (TPSA) is 46.9 Å². The molecule has 1 N–H and O–H groups in total. The van der Waals surface area contributed by atoms with Crippen LogP contribution >= 0.6 is 11.6 Å². The number of hydrogen-bond donors (Lipinski definition) is 1. The number of pyridine rings is 2. The fourth-order valence-electron chi connectivity index (χ4n) is 2.87. The predicted octanol–water partition coefficient (Wildman–Crippen LogP) is 3.14. The average molecular weight is 298 g/mol. The first kappa shape index (κ1) is 12.4. The molecule has 4 nitrogen and oxygen atoms in total. The number of halogens is 1. The maximum Gasteiger partial charge on any atom is 0.261 e. The molecule has 0 radical (unpaired) electrons. The van der Waals surface area contributed by atoms with E-state index in [2.05, 4.69) is 10.3 Å². The van der Waals surface area contributed by atoms with E-state index in [1.165, 1.54) is 0 Å². The van der Waals surface area contributed by atoms with E-state index in [-0.39, 0.29) is 5.56 Å². The molecule has 1 aliphatic heterocycles. The second kappa shape index (κ2) is 4.60. The lowest BCUT2D eigenvalue weighted by Gasteiger charge is -2.13. The number of nitrogens with one attached hydrogen (secondary N) is 1. The fourth-order valence-corrected chi connectivity index (χ4v) is 3.06. The van der Waals surface area contributed by atoms with E-state index in [4.69, 9.17) is 11.6 Å². The van der Waals surface area contributed by atoms with Crippen molar-refractivity contribution in [1.82, 2.24) is 9.55 Å². The molecule has 4 rings (SSSR count). The summed E-state index contributed by atoms with van der Waals surface area (Å²) in [6, 6.07) is 11.2. The third-order valence-corrected chi connectivity index (χ3v) is 4.00. The minimum Gasteiger partial charge on any atom is -0.369 e. The van der Waals surface area contributed by atoms with Gasteiger partial charge in [-0.15, -0.1) is 0 Å². The van der Waals surface area contributed by atoms with Crippen LogP contribution < -0.4 is 10.9 Å². The van der Waals surface area contributed by atoms with Crippen LogP contribution in [0, 0.1) is 0 Å². The summed E-state index contributed by atoms with van der Waals surface area (Å²) in [7, 11) is 0. The maximum absolute atomic E-state index is 12.5. The largest absolute Gasteiger partial charge is 0.369 e. The minimum absolute atomic E-state index is 0.00359. The summed E-state index contributed by atoms with van der Waals surface area (Å²) in [6.45, 7) is 1.42. The first-order valence-electron chi connectivity index (χ1n) is 6.77. The van der Waals surface area contributed by atoms with E-state index >= 15 is 0 Å². The third-order valence-electron chi connectivity index (χ3n) is 3.77. The van der Waals surface area contributed by atoms with Crippen LogP contribution in [0.5, 0.6) is 0 Å². The quantitative estimate of drug-likeness (QED) is 0.750. The highest BCUT2D eigenvalue weighted by Gasteiger charge is 2.21. The van der Waals surface area contributed by atoms with Gasteiger partial charge >= 0.3 is 0 Å². The SMILES string of the molecule is O=c1c2cccnc2c(-c2cccc(Cl)c2)c2n1CCN2. The van der Waals surface area contributed by atoms with E-state index in [1.807, 2.05) is 30.3 Å². The van der Waals surface area contributed by atoms with Gasteiger partial charge in [0.1, 0.15) is 5.82 Å². The maximum atomic E-state index is 12.5. The van der Waals surface area contributed by atoms with E-state index in [0.717, 1.165) is 23.5 Å². The van der Waals surface area contributed by atoms with E-state index < -0.39 is 0 Å². The zero-order valence-electron chi connectivity index (χ0n) is 11.1. The van der Waals surface area contributed by atoms with E-state index in [9.17, 15) is 4.79 Å². The Morgan fingerprint density at radius 1 is 1.24 bits per heavy atom. The number of nitrogens with zero attached hydrogens (tertiary/aromatic N) is 2. The van der Waals surface area contributed by atoms with Crippen molar-refractivity contribution in [1.29, 1.82) is 0 Å². The molecule has 1 aliphatic rings. The fraction of sp³-hybridized carbons (Fsp3) is 0.125. The molecule has 104 valence electrons. The van der Waals surface area contributed by atoms with Crippen LogP contribution in [0.4, 0.5) is 5.82 Å². The van der Waals surface area contributed by atoms with E-state index in [0.29, 0.717) is 22.5 Å². The molecule has 3 heterocycles. The van der Waals surface area contributed by atoms with Gasteiger partial charge in [-0.25, -0.2) is 0 Å². The summed E-state index contributed by atoms with van der Waals surface area (Å²) in [4.78, 5) is 17.0. The third kappa shape index (κ3) is 1.83. The molecule has 5 heteroatoms. The number of benzene rings is 1. The Morgan fingerprint density at radius 3 is 3.00 bits per heavy atom. The van der Waals surface area contributed by atoms with Crippen molar-refractivity contribution in [2.24, 2.45) is 0 Å². The molecule has 0 fully saturated rings. The Kier molecular flexibility index (Phi) is 2.72. The molecular formula is C16H12ClN3O. The summed E-state index contributed by atoms with van der Waals surface area (Å²) in [5.41, 5.74) is 2.61. The molecular weight excluding hydrogens is 286 g/mol. The zero-order valence-corrected chi connectivity index (χ0v) is 11.9. The molecule has 0 unspecified atom stereocenters. The molecule has 21 heavy (non-hydrogen) atoms. The van der Waals surface area contributed by atoms with Crippen molar-refractivity contribution in [3.05, 3.63) is 58.0 Å². The van der Waals surface area contributed by atoms with Gasteiger partial charge in [-0.1, -0.05) is 23.7 Å². The molecule has 0 bridgehead atoms. The first-order valence-corrected chi connectivity index (χ1v) is 7.15. The van der Waals surface area contributed by atoms with Crippen molar-refractivity contribution in [2.45, 2.75) is 6.54 Å². The van der Waals surface area contributed by atoms with Gasteiger partial charge in [0.2, 0.25) is 0 Å². The molecule has 0 spiro atoms. The van der Waals surface area contributed by atoms with Crippen LogP contribution in [0.1, 0.15) is 0 Å². The molecule has 3 aromatic rings. The van der Waals surface area contributed by atoms with Crippen LogP contribution in [0.25, 0.3) is 22.0 Å². The van der Waals surface area contributed by atoms with Crippen molar-refractivity contribution >= 4 is 28.3 Å². The lowest BCUT2D eigenvalue weighted by molar-refractivity contribution is 0.780. The molecule has 0 aliphatic carbocycles. The van der Waals surface area contributed by atoms with Gasteiger partial charge in [-0.3, -0.25) is 14.3 Å². The highest BCUT2D eigenvalue weighted by Crippen LogP contribution is 2.35. The van der Waals surface area contributed by atoms with Crippen LogP contribution in [-0.4, -0.2) is 16.1 Å². The van der Waals surface area contributed by atoms with Gasteiger partial charge in [-0.2, -0.15) is 0 Å².